The van der Waals surface area contributed by atoms with Crippen LogP contribution < -0.4 is 26.2 Å². The lowest BCUT2D eigenvalue weighted by molar-refractivity contribution is 0.590. The van der Waals surface area contributed by atoms with Gasteiger partial charge in [0.15, 0.2) is 0 Å². The second-order valence-corrected chi connectivity index (χ2v) is 24.9. The van der Waals surface area contributed by atoms with Crippen molar-refractivity contribution in [3.63, 3.8) is 0 Å². The fraction of sp³-hybridized carbons (Fsp3) is 0.189. The van der Waals surface area contributed by atoms with E-state index < -0.39 is 0 Å². The number of nitrogens with zero attached hydrogens (tertiary/aromatic N) is 3. The Morgan fingerprint density at radius 1 is 0.367 bits per heavy atom. The average Bonchev–Trinajstić information content (AvgIpc) is 3.94. The maximum absolute atomic E-state index is 6.48. The number of fused-ring (bicyclic) bond motifs is 10. The number of furan rings is 1. The number of aromatic nitrogens is 1. The quantitative estimate of drug-likeness (QED) is 0.161. The Hall–Kier alpha value is -8.54. The van der Waals surface area contributed by atoms with Crippen LogP contribution in [0.15, 0.2) is 186 Å². The van der Waals surface area contributed by atoms with Crippen LogP contribution in [-0.4, -0.2) is 11.3 Å². The molecule has 0 saturated heterocycles. The van der Waals surface area contributed by atoms with E-state index in [0.717, 1.165) is 21.9 Å². The molecular formula is C74H66BN3O. The molecule has 4 nitrogen and oxygen atoms in total. The van der Waals surface area contributed by atoms with Crippen LogP contribution in [0.25, 0.3) is 71.7 Å². The lowest BCUT2D eigenvalue weighted by Gasteiger charge is -2.46. The highest BCUT2D eigenvalue weighted by Gasteiger charge is 2.46. The third-order valence-electron chi connectivity index (χ3n) is 17.5. The van der Waals surface area contributed by atoms with Crippen LogP contribution in [0.3, 0.4) is 0 Å². The van der Waals surface area contributed by atoms with Crippen molar-refractivity contribution < 1.29 is 4.42 Å². The number of hydrogen-bond donors (Lipinski definition) is 0. The number of aryl methyl sites for hydroxylation is 6. The molecule has 4 heterocycles. The molecule has 0 fully saturated rings. The SMILES string of the molecule is Cc1cc(-c2ccccc2)cc(C)c1N1c2cc(C(C)(C)C)ccc2B2c3cc4c5ccccc5n(-c5c(C)cccc5C)c4cc3N(c3c(C)cc(-c4cccc5oc6ccccc6c45)cc3C)c3cc(C(C)(C)C)cc1c32. The molecule has 0 bridgehead atoms. The molecule has 0 atom stereocenters. The standard InChI is InChI=1S/C74H66BN3O/c1-43-22-20-23-44(2)70(43)76-60-29-18-16-26-55(60)57-41-59-63(42-61(57)76)78(72-47(5)36-51(37-48(72)6)54-28-21-31-67-68(54)56-27-17-19-30-66(56)79-67)65-40-53(74(10,11)12)39-64-69(65)75(59)58-33-32-52(73(7,8)9)38-62(58)77(64)71-45(3)34-50(35-46(71)4)49-24-14-13-15-25-49/h13-42H,1-12H3. The molecule has 2 aliphatic heterocycles. The number of para-hydroxylation sites is 3. The zero-order valence-corrected chi connectivity index (χ0v) is 47.6. The van der Waals surface area contributed by atoms with Gasteiger partial charge in [-0.2, -0.15) is 0 Å². The Morgan fingerprint density at radius 2 is 0.911 bits per heavy atom. The van der Waals surface area contributed by atoms with E-state index in [1.165, 1.54) is 145 Å². The molecule has 2 aliphatic rings. The Morgan fingerprint density at radius 3 is 1.56 bits per heavy atom. The third kappa shape index (κ3) is 7.42. The van der Waals surface area contributed by atoms with Crippen molar-refractivity contribution in [1.29, 1.82) is 0 Å². The second kappa shape index (κ2) is 17.5. The predicted molar refractivity (Wildman–Crippen MR) is 339 cm³/mol. The molecule has 0 N–H and O–H groups in total. The van der Waals surface area contributed by atoms with E-state index >= 15 is 0 Å². The van der Waals surface area contributed by atoms with Crippen LogP contribution >= 0.6 is 0 Å². The first-order valence-electron chi connectivity index (χ1n) is 28.2. The van der Waals surface area contributed by atoms with Crippen molar-refractivity contribution in [1.82, 2.24) is 4.57 Å². The van der Waals surface area contributed by atoms with Crippen LogP contribution in [0.5, 0.6) is 0 Å². The highest BCUT2D eigenvalue weighted by Crippen LogP contribution is 2.51. The summed E-state index contributed by atoms with van der Waals surface area (Å²) in [4.78, 5) is 5.35. The van der Waals surface area contributed by atoms with Gasteiger partial charge in [-0.25, -0.2) is 0 Å². The first-order valence-corrected chi connectivity index (χ1v) is 28.2. The minimum absolute atomic E-state index is 0.0756. The second-order valence-electron chi connectivity index (χ2n) is 24.9. The van der Waals surface area contributed by atoms with E-state index in [1.807, 2.05) is 0 Å². The Balaban J connectivity index is 1.12. The lowest BCUT2D eigenvalue weighted by atomic mass is 9.33. The van der Waals surface area contributed by atoms with E-state index in [2.05, 4.69) is 279 Å². The van der Waals surface area contributed by atoms with Gasteiger partial charge in [0.2, 0.25) is 0 Å². The summed E-state index contributed by atoms with van der Waals surface area (Å²) in [5.41, 5.74) is 31.4. The van der Waals surface area contributed by atoms with Gasteiger partial charge in [0.1, 0.15) is 11.2 Å². The van der Waals surface area contributed by atoms with Gasteiger partial charge < -0.3 is 18.8 Å². The van der Waals surface area contributed by atoms with Gasteiger partial charge in [-0.3, -0.25) is 0 Å². The van der Waals surface area contributed by atoms with Gasteiger partial charge in [0.05, 0.1) is 28.1 Å². The summed E-state index contributed by atoms with van der Waals surface area (Å²) in [6.45, 7) is 27.9. The summed E-state index contributed by atoms with van der Waals surface area (Å²) in [6.07, 6.45) is 0. The molecule has 0 unspecified atom stereocenters. The minimum Gasteiger partial charge on any atom is -0.456 e. The van der Waals surface area contributed by atoms with Crippen LogP contribution in [0.4, 0.5) is 34.1 Å². The Bertz CT molecular complexity index is 4470. The monoisotopic (exact) mass is 1020 g/mol. The summed E-state index contributed by atoms with van der Waals surface area (Å²) in [5, 5.41) is 4.81. The average molecular weight is 1020 g/mol. The molecule has 0 radical (unpaired) electrons. The van der Waals surface area contributed by atoms with Crippen molar-refractivity contribution in [3.8, 4) is 27.9 Å². The summed E-state index contributed by atoms with van der Waals surface area (Å²) >= 11 is 0. The van der Waals surface area contributed by atoms with Crippen molar-refractivity contribution in [2.45, 2.75) is 93.9 Å². The zero-order valence-electron chi connectivity index (χ0n) is 47.6. The smallest absolute Gasteiger partial charge is 0.252 e. The summed E-state index contributed by atoms with van der Waals surface area (Å²) in [6, 6.07) is 68.9. The molecular weight excluding hydrogens is 958 g/mol. The summed E-state index contributed by atoms with van der Waals surface area (Å²) in [5.74, 6) is 0. The molecule has 0 amide bonds. The minimum atomic E-state index is -0.188. The molecule has 2 aromatic heterocycles. The summed E-state index contributed by atoms with van der Waals surface area (Å²) < 4.78 is 9.03. The van der Waals surface area contributed by atoms with Gasteiger partial charge in [-0.15, -0.1) is 0 Å². The number of rotatable bonds is 5. The molecule has 386 valence electrons. The zero-order chi connectivity index (χ0) is 54.6. The first-order chi connectivity index (χ1) is 37.9. The number of anilines is 6. The van der Waals surface area contributed by atoms with E-state index in [0.29, 0.717) is 0 Å². The van der Waals surface area contributed by atoms with E-state index in [4.69, 9.17) is 4.42 Å². The Labute approximate surface area is 465 Å². The van der Waals surface area contributed by atoms with Crippen molar-refractivity contribution in [2.24, 2.45) is 0 Å². The fourth-order valence-electron chi connectivity index (χ4n) is 13.8. The first kappa shape index (κ1) is 48.8. The van der Waals surface area contributed by atoms with E-state index in [-0.39, 0.29) is 17.5 Å². The van der Waals surface area contributed by atoms with Crippen LogP contribution in [0, 0.1) is 41.5 Å². The molecule has 5 heteroatoms. The van der Waals surface area contributed by atoms with Crippen molar-refractivity contribution in [2.75, 3.05) is 9.80 Å². The fourth-order valence-corrected chi connectivity index (χ4v) is 13.8. The molecule has 12 aromatic rings. The highest BCUT2D eigenvalue weighted by molar-refractivity contribution is 7.00. The largest absolute Gasteiger partial charge is 0.456 e. The summed E-state index contributed by atoms with van der Waals surface area (Å²) in [7, 11) is 0. The molecule has 14 rings (SSSR count). The number of benzene rings is 10. The Kier molecular flexibility index (Phi) is 10.8. The topological polar surface area (TPSA) is 24.6 Å². The maximum Gasteiger partial charge on any atom is 0.252 e. The van der Waals surface area contributed by atoms with Gasteiger partial charge in [-0.05, 0) is 202 Å². The molecule has 0 saturated carbocycles. The third-order valence-corrected chi connectivity index (χ3v) is 17.5. The highest BCUT2D eigenvalue weighted by atomic mass is 16.3. The van der Waals surface area contributed by atoms with Crippen molar-refractivity contribution >= 4 is 101 Å². The normalized spacial score (nSPS) is 13.2. The predicted octanol–water partition coefficient (Wildman–Crippen LogP) is 18.5. The molecule has 79 heavy (non-hydrogen) atoms. The van der Waals surface area contributed by atoms with Gasteiger partial charge in [-0.1, -0.05) is 157 Å². The number of hydrogen-bond acceptors (Lipinski definition) is 3. The van der Waals surface area contributed by atoms with Gasteiger partial charge >= 0.3 is 0 Å². The van der Waals surface area contributed by atoms with Gasteiger partial charge in [0.25, 0.3) is 6.71 Å². The van der Waals surface area contributed by atoms with Crippen LogP contribution in [0.1, 0.15) is 86.1 Å². The van der Waals surface area contributed by atoms with Crippen LogP contribution in [0.2, 0.25) is 0 Å². The van der Waals surface area contributed by atoms with Crippen LogP contribution in [-0.2, 0) is 10.8 Å². The lowest BCUT2D eigenvalue weighted by Crippen LogP contribution is -2.61. The van der Waals surface area contributed by atoms with E-state index in [1.54, 1.807) is 0 Å². The maximum atomic E-state index is 6.48. The van der Waals surface area contributed by atoms with Gasteiger partial charge in [0, 0.05) is 44.3 Å². The molecule has 0 spiro atoms. The molecule has 0 aliphatic carbocycles. The molecule has 10 aromatic carbocycles. The van der Waals surface area contributed by atoms with Crippen molar-refractivity contribution in [3.05, 3.63) is 226 Å². The van der Waals surface area contributed by atoms with E-state index in [9.17, 15) is 0 Å².